The number of benzene rings is 2. The number of rotatable bonds is 4. The molecule has 2 N–H and O–H groups in total. The highest BCUT2D eigenvalue weighted by atomic mass is 35.5. The smallest absolute Gasteiger partial charge is 0.240 e. The summed E-state index contributed by atoms with van der Waals surface area (Å²) >= 11 is 7.31. The second-order valence-electron chi connectivity index (χ2n) is 5.51. The zero-order chi connectivity index (χ0) is 17.8. The van der Waals surface area contributed by atoms with Crippen LogP contribution in [0.5, 0.6) is 0 Å². The van der Waals surface area contributed by atoms with Gasteiger partial charge in [0.2, 0.25) is 11.8 Å². The third-order valence-electron chi connectivity index (χ3n) is 3.68. The Morgan fingerprint density at radius 1 is 1.24 bits per heavy atom. The molecule has 2 aromatic rings. The number of aliphatic imine (C=N–C) groups is 1. The molecule has 0 radical (unpaired) electrons. The first-order valence-corrected chi connectivity index (χ1v) is 8.95. The van der Waals surface area contributed by atoms with Crippen LogP contribution in [0.2, 0.25) is 5.02 Å². The molecule has 1 saturated heterocycles. The summed E-state index contributed by atoms with van der Waals surface area (Å²) in [5.74, 6) is -0.448. The Labute approximate surface area is 154 Å². The molecule has 3 rings (SSSR count). The van der Waals surface area contributed by atoms with Gasteiger partial charge in [-0.05, 0) is 36.8 Å². The van der Waals surface area contributed by atoms with Gasteiger partial charge in [-0.25, -0.2) is 4.99 Å². The molecule has 1 atom stereocenters. The average Bonchev–Trinajstić information content (AvgIpc) is 2.92. The van der Waals surface area contributed by atoms with Crippen LogP contribution >= 0.6 is 23.4 Å². The number of hydrogen-bond acceptors (Lipinski definition) is 4. The van der Waals surface area contributed by atoms with E-state index in [4.69, 9.17) is 11.6 Å². The number of amidine groups is 1. The third-order valence-corrected chi connectivity index (χ3v) is 5.17. The lowest BCUT2D eigenvalue weighted by Crippen LogP contribution is -2.28. The fraction of sp³-hybridized carbons (Fsp3) is 0.167. The Morgan fingerprint density at radius 3 is 2.76 bits per heavy atom. The molecular formula is C18H16ClN3O2S. The first kappa shape index (κ1) is 17.5. The number of anilines is 1. The van der Waals surface area contributed by atoms with Gasteiger partial charge in [-0.15, -0.1) is 0 Å². The van der Waals surface area contributed by atoms with Crippen molar-refractivity contribution in [3.8, 4) is 0 Å². The molecule has 128 valence electrons. The molecule has 0 saturated carbocycles. The van der Waals surface area contributed by atoms with Crippen LogP contribution in [0.4, 0.5) is 11.4 Å². The number of thioether (sulfide) groups is 1. The molecule has 0 aliphatic carbocycles. The molecule has 5 nitrogen and oxygen atoms in total. The molecule has 1 aliphatic heterocycles. The Morgan fingerprint density at radius 2 is 2.00 bits per heavy atom. The predicted octanol–water partition coefficient (Wildman–Crippen LogP) is 3.90. The van der Waals surface area contributed by atoms with Crippen LogP contribution in [0.3, 0.4) is 0 Å². The van der Waals surface area contributed by atoms with Crippen molar-refractivity contribution in [1.82, 2.24) is 5.32 Å². The summed E-state index contributed by atoms with van der Waals surface area (Å²) in [5, 5.41) is 6.12. The third kappa shape index (κ3) is 4.41. The average molecular weight is 374 g/mol. The molecule has 2 aromatic carbocycles. The summed E-state index contributed by atoms with van der Waals surface area (Å²) in [6.45, 7) is 1.83. The summed E-state index contributed by atoms with van der Waals surface area (Å²) in [6, 6.07) is 14.7. The molecule has 0 unspecified atom stereocenters. The minimum atomic E-state index is -0.498. The lowest BCUT2D eigenvalue weighted by Gasteiger charge is -2.10. The highest BCUT2D eigenvalue weighted by Crippen LogP contribution is 2.27. The SMILES string of the molecule is Cc1c(Cl)cccc1NC(=O)C[C@@H]1SC(=Nc2ccccc2)NC1=O. The maximum Gasteiger partial charge on any atom is 0.240 e. The van der Waals surface area contributed by atoms with E-state index in [0.29, 0.717) is 15.9 Å². The van der Waals surface area contributed by atoms with Crippen molar-refractivity contribution >= 4 is 51.7 Å². The van der Waals surface area contributed by atoms with E-state index < -0.39 is 5.25 Å². The van der Waals surface area contributed by atoms with Crippen molar-refractivity contribution in [2.24, 2.45) is 4.99 Å². The highest BCUT2D eigenvalue weighted by Gasteiger charge is 2.32. The molecule has 0 bridgehead atoms. The van der Waals surface area contributed by atoms with E-state index in [1.165, 1.54) is 11.8 Å². The molecule has 7 heteroatoms. The Balaban J connectivity index is 1.63. The number of nitrogens with zero attached hydrogens (tertiary/aromatic N) is 1. The van der Waals surface area contributed by atoms with E-state index in [9.17, 15) is 9.59 Å². The first-order valence-electron chi connectivity index (χ1n) is 7.69. The van der Waals surface area contributed by atoms with Gasteiger partial charge in [-0.3, -0.25) is 9.59 Å². The van der Waals surface area contributed by atoms with Crippen LogP contribution in [-0.4, -0.2) is 22.2 Å². The fourth-order valence-corrected chi connectivity index (χ4v) is 3.49. The van der Waals surface area contributed by atoms with E-state index >= 15 is 0 Å². The normalized spacial score (nSPS) is 18.2. The van der Waals surface area contributed by atoms with E-state index in [1.54, 1.807) is 18.2 Å². The van der Waals surface area contributed by atoms with E-state index in [0.717, 1.165) is 11.3 Å². The number of hydrogen-bond donors (Lipinski definition) is 2. The Hall–Kier alpha value is -2.31. The van der Waals surface area contributed by atoms with Gasteiger partial charge in [-0.2, -0.15) is 0 Å². The van der Waals surface area contributed by atoms with Gasteiger partial charge >= 0.3 is 0 Å². The van der Waals surface area contributed by atoms with Crippen LogP contribution in [-0.2, 0) is 9.59 Å². The molecule has 1 heterocycles. The fourth-order valence-electron chi connectivity index (χ4n) is 2.32. The molecule has 0 spiro atoms. The molecule has 1 aliphatic rings. The van der Waals surface area contributed by atoms with Gasteiger partial charge < -0.3 is 10.6 Å². The quantitative estimate of drug-likeness (QED) is 0.853. The van der Waals surface area contributed by atoms with Crippen LogP contribution < -0.4 is 10.6 Å². The largest absolute Gasteiger partial charge is 0.326 e. The molecule has 0 aromatic heterocycles. The maximum atomic E-state index is 12.3. The number of carbonyl (C=O) groups excluding carboxylic acids is 2. The zero-order valence-electron chi connectivity index (χ0n) is 13.5. The lowest BCUT2D eigenvalue weighted by atomic mass is 10.2. The summed E-state index contributed by atoms with van der Waals surface area (Å²) in [7, 11) is 0. The zero-order valence-corrected chi connectivity index (χ0v) is 15.0. The van der Waals surface area contributed by atoms with Gasteiger partial charge in [0.25, 0.3) is 0 Å². The van der Waals surface area contributed by atoms with E-state index in [2.05, 4.69) is 15.6 Å². The first-order chi connectivity index (χ1) is 12.0. The van der Waals surface area contributed by atoms with Crippen molar-refractivity contribution in [2.75, 3.05) is 5.32 Å². The van der Waals surface area contributed by atoms with Crippen LogP contribution in [0.1, 0.15) is 12.0 Å². The number of nitrogens with one attached hydrogen (secondary N) is 2. The number of carbonyl (C=O) groups is 2. The van der Waals surface area contributed by atoms with Crippen LogP contribution in [0.15, 0.2) is 53.5 Å². The molecule has 1 fully saturated rings. The standard InChI is InChI=1S/C18H16ClN3O2S/c1-11-13(19)8-5-9-14(11)21-16(23)10-15-17(24)22-18(25-15)20-12-6-3-2-4-7-12/h2-9,15H,10H2,1H3,(H,21,23)(H,20,22,24)/t15-/m0/s1. The second kappa shape index (κ2) is 7.72. The van der Waals surface area contributed by atoms with Crippen LogP contribution in [0.25, 0.3) is 0 Å². The summed E-state index contributed by atoms with van der Waals surface area (Å²) < 4.78 is 0. The topological polar surface area (TPSA) is 70.6 Å². The Bertz CT molecular complexity index is 839. The Kier molecular flexibility index (Phi) is 5.40. The molecule has 2 amide bonds. The minimum Gasteiger partial charge on any atom is -0.326 e. The van der Waals surface area contributed by atoms with Crippen LogP contribution in [0, 0.1) is 6.92 Å². The highest BCUT2D eigenvalue weighted by molar-refractivity contribution is 8.15. The lowest BCUT2D eigenvalue weighted by molar-refractivity contribution is -0.122. The van der Waals surface area contributed by atoms with Gasteiger partial charge in [0.05, 0.1) is 5.69 Å². The van der Waals surface area contributed by atoms with E-state index in [-0.39, 0.29) is 18.2 Å². The number of amides is 2. The van der Waals surface area contributed by atoms with Gasteiger partial charge in [-0.1, -0.05) is 47.6 Å². The second-order valence-corrected chi connectivity index (χ2v) is 7.11. The van der Waals surface area contributed by atoms with Crippen molar-refractivity contribution in [2.45, 2.75) is 18.6 Å². The predicted molar refractivity (Wildman–Crippen MR) is 102 cm³/mol. The number of halogens is 1. The molecular weight excluding hydrogens is 358 g/mol. The maximum absolute atomic E-state index is 12.3. The summed E-state index contributed by atoms with van der Waals surface area (Å²) in [5.41, 5.74) is 2.21. The monoisotopic (exact) mass is 373 g/mol. The van der Waals surface area contributed by atoms with Gasteiger partial charge in [0, 0.05) is 17.1 Å². The van der Waals surface area contributed by atoms with Crippen molar-refractivity contribution in [3.05, 3.63) is 59.1 Å². The van der Waals surface area contributed by atoms with Gasteiger partial charge in [0.1, 0.15) is 5.25 Å². The van der Waals surface area contributed by atoms with Crippen molar-refractivity contribution in [1.29, 1.82) is 0 Å². The van der Waals surface area contributed by atoms with Gasteiger partial charge in [0.15, 0.2) is 5.17 Å². The summed E-state index contributed by atoms with van der Waals surface area (Å²) in [6.07, 6.45) is 0.0657. The number of para-hydroxylation sites is 1. The minimum absolute atomic E-state index is 0.0657. The molecule has 25 heavy (non-hydrogen) atoms. The van der Waals surface area contributed by atoms with Crippen molar-refractivity contribution in [3.63, 3.8) is 0 Å². The van der Waals surface area contributed by atoms with Crippen molar-refractivity contribution < 1.29 is 9.59 Å². The summed E-state index contributed by atoms with van der Waals surface area (Å²) in [4.78, 5) is 28.7. The van der Waals surface area contributed by atoms with E-state index in [1.807, 2.05) is 37.3 Å².